The molecule has 1 aromatic heterocycles. The van der Waals surface area contributed by atoms with Gasteiger partial charge in [-0.2, -0.15) is 4.74 Å². The molecule has 0 radical (unpaired) electrons. The molecule has 0 aliphatic carbocycles. The Morgan fingerprint density at radius 1 is 1.37 bits per heavy atom. The Bertz CT molecular complexity index is 516. The molecule has 0 saturated heterocycles. The van der Waals surface area contributed by atoms with Crippen LogP contribution >= 0.6 is 11.3 Å². The van der Waals surface area contributed by atoms with E-state index < -0.39 is 16.8 Å². The van der Waals surface area contributed by atoms with Gasteiger partial charge < -0.3 is 10.3 Å². The molecule has 1 aliphatic rings. The highest BCUT2D eigenvalue weighted by Gasteiger charge is 2.60. The molecule has 0 aromatic carbocycles. The van der Waals surface area contributed by atoms with E-state index in [1.54, 1.807) is 6.92 Å². The van der Waals surface area contributed by atoms with E-state index in [0.29, 0.717) is 5.71 Å². The normalized spacial score (nSPS) is 25.6. The van der Waals surface area contributed by atoms with Crippen molar-refractivity contribution in [1.82, 2.24) is 4.90 Å². The summed E-state index contributed by atoms with van der Waals surface area (Å²) in [4.78, 5) is 2.80. The van der Waals surface area contributed by atoms with Crippen LogP contribution in [0.1, 0.15) is 39.5 Å². The lowest BCUT2D eigenvalue weighted by atomic mass is 9.84. The van der Waals surface area contributed by atoms with Gasteiger partial charge in [0.05, 0.1) is 0 Å². The van der Waals surface area contributed by atoms with Gasteiger partial charge in [0.1, 0.15) is 5.54 Å². The number of hydrogen-bond donors (Lipinski definition) is 1. The van der Waals surface area contributed by atoms with Crippen LogP contribution in [0, 0.1) is 5.21 Å². The fourth-order valence-electron chi connectivity index (χ4n) is 2.97. The van der Waals surface area contributed by atoms with Gasteiger partial charge in [0.15, 0.2) is 5.60 Å². The summed E-state index contributed by atoms with van der Waals surface area (Å²) in [5.41, 5.74) is -1.92. The zero-order valence-corrected chi connectivity index (χ0v) is 13.2. The van der Waals surface area contributed by atoms with Crippen molar-refractivity contribution in [3.63, 3.8) is 0 Å². The first-order chi connectivity index (χ1) is 8.54. The van der Waals surface area contributed by atoms with Crippen LogP contribution in [0.25, 0.3) is 0 Å². The molecule has 106 valence electrons. The van der Waals surface area contributed by atoms with Gasteiger partial charge in [-0.25, -0.2) is 4.90 Å². The zero-order valence-electron chi connectivity index (χ0n) is 12.4. The van der Waals surface area contributed by atoms with Crippen LogP contribution in [0.2, 0.25) is 0 Å². The molecular formula is C14H22N2O2S. The van der Waals surface area contributed by atoms with Gasteiger partial charge in [0.25, 0.3) is 0 Å². The maximum atomic E-state index is 12.7. The van der Waals surface area contributed by atoms with Crippen LogP contribution < -0.4 is 0 Å². The van der Waals surface area contributed by atoms with Crippen molar-refractivity contribution in [3.8, 4) is 0 Å². The molecule has 0 bridgehead atoms. The molecule has 2 rings (SSSR count). The van der Waals surface area contributed by atoms with E-state index in [9.17, 15) is 10.3 Å². The van der Waals surface area contributed by atoms with Crippen LogP contribution in [-0.2, 0) is 5.60 Å². The Labute approximate surface area is 118 Å². The lowest BCUT2D eigenvalue weighted by Gasteiger charge is -2.34. The number of nitrogens with zero attached hydrogens (tertiary/aromatic N) is 2. The molecule has 1 atom stereocenters. The van der Waals surface area contributed by atoms with Crippen molar-refractivity contribution < 1.29 is 9.85 Å². The summed E-state index contributed by atoms with van der Waals surface area (Å²) in [6, 6.07) is 3.76. The van der Waals surface area contributed by atoms with Gasteiger partial charge in [0.2, 0.25) is 11.4 Å². The van der Waals surface area contributed by atoms with Gasteiger partial charge in [0, 0.05) is 18.7 Å². The van der Waals surface area contributed by atoms with E-state index in [-0.39, 0.29) is 0 Å². The second-order valence-electron chi connectivity index (χ2n) is 6.30. The fourth-order valence-corrected chi connectivity index (χ4v) is 3.75. The lowest BCUT2D eigenvalue weighted by molar-refractivity contribution is -0.559. The van der Waals surface area contributed by atoms with Crippen LogP contribution in [-0.4, -0.2) is 38.7 Å². The smallest absolute Gasteiger partial charge is 0.224 e. The Morgan fingerprint density at radius 2 is 1.95 bits per heavy atom. The third-order valence-corrected chi connectivity index (χ3v) is 5.48. The molecule has 4 nitrogen and oxygen atoms in total. The minimum Gasteiger partial charge on any atom is -0.622 e. The highest BCUT2D eigenvalue weighted by Crippen LogP contribution is 2.40. The van der Waals surface area contributed by atoms with Gasteiger partial charge in [-0.15, -0.1) is 11.3 Å². The highest BCUT2D eigenvalue weighted by molar-refractivity contribution is 7.10. The second kappa shape index (κ2) is 4.04. The molecule has 0 saturated carbocycles. The molecule has 19 heavy (non-hydrogen) atoms. The van der Waals surface area contributed by atoms with Gasteiger partial charge in [-0.1, -0.05) is 6.07 Å². The third-order valence-electron chi connectivity index (χ3n) is 4.40. The van der Waals surface area contributed by atoms with Gasteiger partial charge >= 0.3 is 0 Å². The van der Waals surface area contributed by atoms with Crippen molar-refractivity contribution in [2.75, 3.05) is 7.05 Å². The molecule has 0 spiro atoms. The number of aliphatic hydroxyl groups is 1. The summed E-state index contributed by atoms with van der Waals surface area (Å²) < 4.78 is 0.965. The van der Waals surface area contributed by atoms with Gasteiger partial charge in [-0.3, -0.25) is 0 Å². The van der Waals surface area contributed by atoms with Crippen molar-refractivity contribution in [2.45, 2.75) is 51.4 Å². The molecule has 1 N–H and O–H groups in total. The molecular weight excluding hydrogens is 260 g/mol. The SMILES string of the molecule is CN1C(C)(C)C(C(C)(O)c2cccs2)=[N+]([O-])C1(C)C. The fraction of sp³-hybridized carbons (Fsp3) is 0.643. The van der Waals surface area contributed by atoms with Crippen molar-refractivity contribution in [3.05, 3.63) is 27.6 Å². The topological polar surface area (TPSA) is 49.5 Å². The van der Waals surface area contributed by atoms with Crippen LogP contribution in [0.3, 0.4) is 0 Å². The third kappa shape index (κ3) is 1.83. The summed E-state index contributed by atoms with van der Waals surface area (Å²) in [7, 11) is 1.92. The summed E-state index contributed by atoms with van der Waals surface area (Å²) in [5.74, 6) is 0. The maximum absolute atomic E-state index is 12.7. The van der Waals surface area contributed by atoms with Crippen LogP contribution in [0.15, 0.2) is 17.5 Å². The van der Waals surface area contributed by atoms with E-state index >= 15 is 0 Å². The standard InChI is InChI=1S/C14H22N2O2S/c1-12(2)11(16(18)13(3,4)15(12)6)14(5,17)10-8-7-9-19-10/h7-9,17H,1-6H3. The number of rotatable bonds is 2. The first-order valence-electron chi connectivity index (χ1n) is 6.39. The summed E-state index contributed by atoms with van der Waals surface area (Å²) in [6.45, 7) is 9.41. The Hall–Kier alpha value is -0.910. The van der Waals surface area contributed by atoms with Crippen LogP contribution in [0.5, 0.6) is 0 Å². The lowest BCUT2D eigenvalue weighted by Crippen LogP contribution is -2.53. The Balaban J connectivity index is 2.64. The number of hydrogen-bond acceptors (Lipinski definition) is 4. The predicted molar refractivity (Wildman–Crippen MR) is 78.4 cm³/mol. The number of thiophene rings is 1. The molecule has 5 heteroatoms. The van der Waals surface area contributed by atoms with Crippen molar-refractivity contribution in [1.29, 1.82) is 0 Å². The molecule has 1 aromatic rings. The molecule has 1 unspecified atom stereocenters. The maximum Gasteiger partial charge on any atom is 0.224 e. The second-order valence-corrected chi connectivity index (χ2v) is 7.25. The molecule has 1 aliphatic heterocycles. The van der Waals surface area contributed by atoms with E-state index in [4.69, 9.17) is 0 Å². The molecule has 2 heterocycles. The quantitative estimate of drug-likeness (QED) is 0.669. The van der Waals surface area contributed by atoms with Crippen LogP contribution in [0.4, 0.5) is 0 Å². The van der Waals surface area contributed by atoms with E-state index in [1.807, 2.05) is 57.2 Å². The van der Waals surface area contributed by atoms with Gasteiger partial charge in [-0.05, 0) is 39.3 Å². The summed E-state index contributed by atoms with van der Waals surface area (Å²) >= 11 is 1.47. The minimum atomic E-state index is -1.25. The minimum absolute atomic E-state index is 0.495. The largest absolute Gasteiger partial charge is 0.622 e. The predicted octanol–water partition coefficient (Wildman–Crippen LogP) is 2.37. The monoisotopic (exact) mass is 282 g/mol. The average Bonchev–Trinajstić information content (AvgIpc) is 2.84. The highest BCUT2D eigenvalue weighted by atomic mass is 32.1. The Kier molecular flexibility index (Phi) is 3.08. The van der Waals surface area contributed by atoms with E-state index in [0.717, 1.165) is 9.62 Å². The zero-order chi connectivity index (χ0) is 14.6. The first-order valence-corrected chi connectivity index (χ1v) is 7.27. The van der Waals surface area contributed by atoms with E-state index in [2.05, 4.69) is 0 Å². The number of hydroxylamine groups is 1. The summed E-state index contributed by atoms with van der Waals surface area (Å²) in [6.07, 6.45) is 0. The summed E-state index contributed by atoms with van der Waals surface area (Å²) in [5, 5.41) is 25.5. The van der Waals surface area contributed by atoms with Crippen molar-refractivity contribution >= 4 is 17.0 Å². The first kappa shape index (κ1) is 14.5. The van der Waals surface area contributed by atoms with E-state index in [1.165, 1.54) is 11.3 Å². The molecule has 0 fully saturated rings. The molecule has 0 amide bonds. The average molecular weight is 282 g/mol. The van der Waals surface area contributed by atoms with Crippen molar-refractivity contribution in [2.24, 2.45) is 0 Å². The Morgan fingerprint density at radius 3 is 2.32 bits per heavy atom.